The molecule has 2 aromatic carbocycles. The highest BCUT2D eigenvalue weighted by Crippen LogP contribution is 2.38. The summed E-state index contributed by atoms with van der Waals surface area (Å²) in [5.74, 6) is -1.10. The van der Waals surface area contributed by atoms with Gasteiger partial charge in [0.15, 0.2) is 0 Å². The predicted octanol–water partition coefficient (Wildman–Crippen LogP) is 3.28. The SMILES string of the molecule is COc1ccccc1C1CCCN1C(=O)c1cc(C(=O)O)cc([N+](=O)[O-])c1. The number of benzene rings is 2. The largest absolute Gasteiger partial charge is 0.496 e. The van der Waals surface area contributed by atoms with Crippen molar-refractivity contribution in [3.63, 3.8) is 0 Å². The first-order valence-corrected chi connectivity index (χ1v) is 8.39. The lowest BCUT2D eigenvalue weighted by Gasteiger charge is -2.26. The number of amides is 1. The molecule has 1 aliphatic rings. The summed E-state index contributed by atoms with van der Waals surface area (Å²) in [5, 5.41) is 20.3. The number of carbonyl (C=O) groups excluding carboxylic acids is 1. The average Bonchev–Trinajstić information content (AvgIpc) is 3.16. The number of likely N-dealkylation sites (tertiary alicyclic amines) is 1. The Morgan fingerprint density at radius 2 is 1.93 bits per heavy atom. The molecular weight excluding hydrogens is 352 g/mol. The molecule has 1 N–H and O–H groups in total. The Morgan fingerprint density at radius 3 is 2.59 bits per heavy atom. The van der Waals surface area contributed by atoms with Crippen LogP contribution in [0.15, 0.2) is 42.5 Å². The second kappa shape index (κ2) is 7.45. The number of non-ortho nitro benzene ring substituents is 1. The second-order valence-electron chi connectivity index (χ2n) is 6.23. The zero-order valence-corrected chi connectivity index (χ0v) is 14.6. The van der Waals surface area contributed by atoms with E-state index in [0.717, 1.165) is 30.5 Å². The van der Waals surface area contributed by atoms with E-state index in [1.807, 2.05) is 24.3 Å². The number of carbonyl (C=O) groups is 2. The van der Waals surface area contributed by atoms with Crippen LogP contribution in [0.25, 0.3) is 0 Å². The Balaban J connectivity index is 1.99. The standard InChI is InChI=1S/C19H18N2O6/c1-27-17-7-3-2-5-15(17)16-6-4-8-20(16)18(22)12-9-13(19(23)24)11-14(10-12)21(25)26/h2-3,5,7,9-11,16H,4,6,8H2,1H3,(H,23,24). The summed E-state index contributed by atoms with van der Waals surface area (Å²) >= 11 is 0. The van der Waals surface area contributed by atoms with Gasteiger partial charge < -0.3 is 14.7 Å². The first-order valence-electron chi connectivity index (χ1n) is 8.39. The number of nitro benzene ring substituents is 1. The van der Waals surface area contributed by atoms with Crippen molar-refractivity contribution in [1.29, 1.82) is 0 Å². The molecule has 1 unspecified atom stereocenters. The minimum atomic E-state index is -1.32. The van der Waals surface area contributed by atoms with E-state index in [4.69, 9.17) is 4.74 Å². The van der Waals surface area contributed by atoms with Crippen LogP contribution in [0.3, 0.4) is 0 Å². The van der Waals surface area contributed by atoms with Crippen molar-refractivity contribution in [2.75, 3.05) is 13.7 Å². The van der Waals surface area contributed by atoms with Crippen molar-refractivity contribution >= 4 is 17.6 Å². The Hall–Kier alpha value is -3.42. The summed E-state index contributed by atoms with van der Waals surface area (Å²) in [5.41, 5.74) is 0.130. The number of hydrogen-bond acceptors (Lipinski definition) is 5. The minimum Gasteiger partial charge on any atom is -0.496 e. The zero-order valence-electron chi connectivity index (χ0n) is 14.6. The Morgan fingerprint density at radius 1 is 1.22 bits per heavy atom. The van der Waals surface area contributed by atoms with Crippen LogP contribution in [0.1, 0.15) is 45.2 Å². The lowest BCUT2D eigenvalue weighted by molar-refractivity contribution is -0.384. The highest BCUT2D eigenvalue weighted by molar-refractivity contribution is 5.98. The third-order valence-corrected chi connectivity index (χ3v) is 4.63. The third-order valence-electron chi connectivity index (χ3n) is 4.63. The van der Waals surface area contributed by atoms with Crippen LogP contribution < -0.4 is 4.74 Å². The predicted molar refractivity (Wildman–Crippen MR) is 96.1 cm³/mol. The summed E-state index contributed by atoms with van der Waals surface area (Å²) < 4.78 is 5.39. The van der Waals surface area contributed by atoms with Crippen LogP contribution in [0.5, 0.6) is 5.75 Å². The smallest absolute Gasteiger partial charge is 0.335 e. The van der Waals surface area contributed by atoms with E-state index in [2.05, 4.69) is 0 Å². The number of hydrogen-bond donors (Lipinski definition) is 1. The summed E-state index contributed by atoms with van der Waals surface area (Å²) in [7, 11) is 1.56. The number of carboxylic acids is 1. The molecule has 3 rings (SSSR count). The molecule has 1 aliphatic heterocycles. The van der Waals surface area contributed by atoms with Crippen LogP contribution >= 0.6 is 0 Å². The first-order chi connectivity index (χ1) is 12.9. The van der Waals surface area contributed by atoms with Crippen molar-refractivity contribution < 1.29 is 24.4 Å². The Labute approximate surface area is 155 Å². The van der Waals surface area contributed by atoms with Gasteiger partial charge in [0.2, 0.25) is 0 Å². The third kappa shape index (κ3) is 3.59. The number of nitro groups is 1. The van der Waals surface area contributed by atoms with Crippen LogP contribution in [0.4, 0.5) is 5.69 Å². The van der Waals surface area contributed by atoms with Gasteiger partial charge in [-0.1, -0.05) is 18.2 Å². The Bertz CT molecular complexity index is 879. The lowest BCUT2D eigenvalue weighted by atomic mass is 10.0. The van der Waals surface area contributed by atoms with Gasteiger partial charge in [0, 0.05) is 29.8 Å². The molecule has 1 atom stereocenters. The second-order valence-corrected chi connectivity index (χ2v) is 6.23. The summed E-state index contributed by atoms with van der Waals surface area (Å²) in [6, 6.07) is 10.4. The van der Waals surface area contributed by atoms with Crippen molar-refractivity contribution in [3.05, 3.63) is 69.3 Å². The maximum Gasteiger partial charge on any atom is 0.335 e. The maximum absolute atomic E-state index is 13.0. The molecular formula is C19H18N2O6. The molecule has 27 heavy (non-hydrogen) atoms. The minimum absolute atomic E-state index is 0.0107. The number of para-hydroxylation sites is 1. The first kappa shape index (κ1) is 18.4. The van der Waals surface area contributed by atoms with E-state index in [1.165, 1.54) is 6.07 Å². The van der Waals surface area contributed by atoms with Crippen molar-refractivity contribution in [2.24, 2.45) is 0 Å². The van der Waals surface area contributed by atoms with E-state index in [9.17, 15) is 24.8 Å². The molecule has 0 radical (unpaired) electrons. The van der Waals surface area contributed by atoms with E-state index in [-0.39, 0.29) is 17.2 Å². The fourth-order valence-electron chi connectivity index (χ4n) is 3.40. The molecule has 2 aromatic rings. The van der Waals surface area contributed by atoms with E-state index < -0.39 is 22.5 Å². The monoisotopic (exact) mass is 370 g/mol. The van der Waals surface area contributed by atoms with Gasteiger partial charge >= 0.3 is 5.97 Å². The fraction of sp³-hybridized carbons (Fsp3) is 0.263. The number of methoxy groups -OCH3 is 1. The lowest BCUT2D eigenvalue weighted by Crippen LogP contribution is -2.31. The quantitative estimate of drug-likeness (QED) is 0.639. The number of carboxylic acid groups (broad SMARTS) is 1. The summed E-state index contributed by atoms with van der Waals surface area (Å²) in [4.78, 5) is 36.3. The van der Waals surface area contributed by atoms with Gasteiger partial charge in [0.25, 0.3) is 11.6 Å². The fourth-order valence-corrected chi connectivity index (χ4v) is 3.40. The number of ether oxygens (including phenoxy) is 1. The summed E-state index contributed by atoms with van der Waals surface area (Å²) in [6.07, 6.45) is 1.50. The molecule has 0 saturated carbocycles. The van der Waals surface area contributed by atoms with E-state index >= 15 is 0 Å². The van der Waals surface area contributed by atoms with Crippen LogP contribution in [0.2, 0.25) is 0 Å². The number of rotatable bonds is 5. The molecule has 0 bridgehead atoms. The molecule has 0 aliphatic carbocycles. The Kier molecular flexibility index (Phi) is 5.07. The molecule has 1 saturated heterocycles. The molecule has 1 amide bonds. The highest BCUT2D eigenvalue weighted by atomic mass is 16.6. The van der Waals surface area contributed by atoms with Crippen molar-refractivity contribution in [2.45, 2.75) is 18.9 Å². The van der Waals surface area contributed by atoms with Gasteiger partial charge in [0.1, 0.15) is 5.75 Å². The van der Waals surface area contributed by atoms with Gasteiger partial charge in [0.05, 0.1) is 23.6 Å². The highest BCUT2D eigenvalue weighted by Gasteiger charge is 2.33. The molecule has 1 fully saturated rings. The molecule has 8 heteroatoms. The van der Waals surface area contributed by atoms with Crippen molar-refractivity contribution in [1.82, 2.24) is 4.90 Å². The molecule has 1 heterocycles. The molecule has 0 spiro atoms. The number of aromatic carboxylic acids is 1. The molecule has 0 aromatic heterocycles. The van der Waals surface area contributed by atoms with Gasteiger partial charge in [-0.25, -0.2) is 4.79 Å². The maximum atomic E-state index is 13.0. The zero-order chi connectivity index (χ0) is 19.6. The van der Waals surface area contributed by atoms with Gasteiger partial charge in [-0.3, -0.25) is 14.9 Å². The van der Waals surface area contributed by atoms with Crippen molar-refractivity contribution in [3.8, 4) is 5.75 Å². The number of nitrogens with zero attached hydrogens (tertiary/aromatic N) is 2. The van der Waals surface area contributed by atoms with Crippen LogP contribution in [0, 0.1) is 10.1 Å². The van der Waals surface area contributed by atoms with E-state index in [1.54, 1.807) is 12.0 Å². The molecule has 140 valence electrons. The van der Waals surface area contributed by atoms with Crippen LogP contribution in [-0.4, -0.2) is 40.5 Å². The van der Waals surface area contributed by atoms with Crippen LogP contribution in [-0.2, 0) is 0 Å². The normalized spacial score (nSPS) is 16.2. The average molecular weight is 370 g/mol. The van der Waals surface area contributed by atoms with E-state index in [0.29, 0.717) is 12.3 Å². The molecule has 8 nitrogen and oxygen atoms in total. The van der Waals surface area contributed by atoms with Gasteiger partial charge in [-0.2, -0.15) is 0 Å². The van der Waals surface area contributed by atoms with Gasteiger partial charge in [-0.05, 0) is 25.0 Å². The van der Waals surface area contributed by atoms with Gasteiger partial charge in [-0.15, -0.1) is 0 Å². The topological polar surface area (TPSA) is 110 Å². The summed E-state index contributed by atoms with van der Waals surface area (Å²) in [6.45, 7) is 0.479.